The third-order valence-electron chi connectivity index (χ3n) is 5.62. The minimum absolute atomic E-state index is 0.333. The summed E-state index contributed by atoms with van der Waals surface area (Å²) in [6.07, 6.45) is 0. The van der Waals surface area contributed by atoms with Crippen LogP contribution < -0.4 is 9.80 Å². The minimum Gasteiger partial charge on any atom is -0.378 e. The predicted molar refractivity (Wildman–Crippen MR) is 116 cm³/mol. The molecular weight excluding hydrogens is 383 g/mol. The Bertz CT molecular complexity index is 1010. The molecule has 2 aliphatic heterocycles. The monoisotopic (exact) mass is 408 g/mol. The van der Waals surface area contributed by atoms with Gasteiger partial charge in [0.25, 0.3) is 11.8 Å². The highest BCUT2D eigenvalue weighted by Crippen LogP contribution is 2.36. The number of carbonyl (C=O) groups excluding carboxylic acids is 2. The SMILES string of the molecule is CN1CCN(C2=C(c3ccc(F)cc3)C(=O)N(c3cccc(N(C)C)c3)C2=O)CC1. The molecule has 0 bridgehead atoms. The molecule has 0 saturated carbocycles. The average molecular weight is 408 g/mol. The molecule has 0 spiro atoms. The summed E-state index contributed by atoms with van der Waals surface area (Å²) in [6, 6.07) is 13.1. The molecule has 2 aromatic carbocycles. The van der Waals surface area contributed by atoms with E-state index in [1.54, 1.807) is 18.2 Å². The molecule has 156 valence electrons. The maximum absolute atomic E-state index is 13.5. The fourth-order valence-electron chi connectivity index (χ4n) is 3.86. The van der Waals surface area contributed by atoms with Gasteiger partial charge in [0.2, 0.25) is 0 Å². The lowest BCUT2D eigenvalue weighted by Gasteiger charge is -2.34. The van der Waals surface area contributed by atoms with Gasteiger partial charge in [0.15, 0.2) is 0 Å². The van der Waals surface area contributed by atoms with E-state index in [1.807, 2.05) is 49.1 Å². The maximum atomic E-state index is 13.5. The number of anilines is 2. The molecule has 4 rings (SSSR count). The van der Waals surface area contributed by atoms with E-state index in [0.29, 0.717) is 35.6 Å². The highest BCUT2D eigenvalue weighted by atomic mass is 19.1. The summed E-state index contributed by atoms with van der Waals surface area (Å²) in [6.45, 7) is 2.91. The summed E-state index contributed by atoms with van der Waals surface area (Å²) in [5, 5.41) is 0. The van der Waals surface area contributed by atoms with E-state index in [4.69, 9.17) is 0 Å². The van der Waals surface area contributed by atoms with Gasteiger partial charge in [-0.15, -0.1) is 0 Å². The Hall–Kier alpha value is -3.19. The van der Waals surface area contributed by atoms with E-state index in [2.05, 4.69) is 4.90 Å². The summed E-state index contributed by atoms with van der Waals surface area (Å²) in [5.41, 5.74) is 2.70. The van der Waals surface area contributed by atoms with E-state index in [9.17, 15) is 14.0 Å². The normalized spacial score (nSPS) is 17.9. The summed E-state index contributed by atoms with van der Waals surface area (Å²) in [4.78, 5) is 34.4. The Morgan fingerprint density at radius 1 is 0.900 bits per heavy atom. The van der Waals surface area contributed by atoms with Gasteiger partial charge in [0.1, 0.15) is 11.5 Å². The maximum Gasteiger partial charge on any atom is 0.282 e. The number of amides is 2. The van der Waals surface area contributed by atoms with Gasteiger partial charge in [0.05, 0.1) is 11.3 Å². The van der Waals surface area contributed by atoms with Crippen molar-refractivity contribution in [2.75, 3.05) is 57.1 Å². The zero-order valence-corrected chi connectivity index (χ0v) is 17.4. The molecule has 1 fully saturated rings. The first kappa shape index (κ1) is 20.1. The van der Waals surface area contributed by atoms with Crippen LogP contribution in [-0.2, 0) is 9.59 Å². The molecule has 0 aromatic heterocycles. The number of likely N-dealkylation sites (N-methyl/N-ethyl adjacent to an activating group) is 1. The molecule has 2 amide bonds. The zero-order chi connectivity index (χ0) is 21.4. The van der Waals surface area contributed by atoms with Crippen LogP contribution in [0.5, 0.6) is 0 Å². The van der Waals surface area contributed by atoms with Gasteiger partial charge < -0.3 is 14.7 Å². The quantitative estimate of drug-likeness (QED) is 0.728. The Morgan fingerprint density at radius 2 is 1.57 bits per heavy atom. The van der Waals surface area contributed by atoms with E-state index < -0.39 is 0 Å². The van der Waals surface area contributed by atoms with E-state index in [-0.39, 0.29) is 17.6 Å². The number of nitrogens with zero attached hydrogens (tertiary/aromatic N) is 4. The summed E-state index contributed by atoms with van der Waals surface area (Å²) in [7, 11) is 5.85. The highest BCUT2D eigenvalue weighted by molar-refractivity contribution is 6.45. The Morgan fingerprint density at radius 3 is 2.20 bits per heavy atom. The highest BCUT2D eigenvalue weighted by Gasteiger charge is 2.43. The van der Waals surface area contributed by atoms with Gasteiger partial charge in [0, 0.05) is 46.0 Å². The molecule has 2 heterocycles. The van der Waals surface area contributed by atoms with E-state index >= 15 is 0 Å². The average Bonchev–Trinajstić information content (AvgIpc) is 2.99. The molecule has 6 nitrogen and oxygen atoms in total. The Labute approximate surface area is 175 Å². The molecule has 30 heavy (non-hydrogen) atoms. The van der Waals surface area contributed by atoms with Crippen LogP contribution in [0.3, 0.4) is 0 Å². The van der Waals surface area contributed by atoms with Crippen molar-refractivity contribution in [3.8, 4) is 0 Å². The molecule has 7 heteroatoms. The van der Waals surface area contributed by atoms with Crippen LogP contribution in [0.25, 0.3) is 5.57 Å². The number of hydrogen-bond donors (Lipinski definition) is 0. The molecule has 0 atom stereocenters. The minimum atomic E-state index is -0.382. The standard InChI is InChI=1S/C23H25FN4O2/c1-25(2)18-5-4-6-19(15-18)28-22(29)20(16-7-9-17(24)10-8-16)21(23(28)30)27-13-11-26(3)12-14-27/h4-10,15H,11-14H2,1-3H3. The van der Waals surface area contributed by atoms with Crippen LogP contribution in [0.15, 0.2) is 54.2 Å². The van der Waals surface area contributed by atoms with E-state index in [0.717, 1.165) is 18.8 Å². The first-order chi connectivity index (χ1) is 14.4. The van der Waals surface area contributed by atoms with Crippen molar-refractivity contribution in [3.05, 3.63) is 65.6 Å². The molecule has 2 aromatic rings. The third-order valence-corrected chi connectivity index (χ3v) is 5.62. The van der Waals surface area contributed by atoms with E-state index in [1.165, 1.54) is 17.0 Å². The smallest absolute Gasteiger partial charge is 0.282 e. The number of hydrogen-bond acceptors (Lipinski definition) is 5. The number of rotatable bonds is 4. The predicted octanol–water partition coefficient (Wildman–Crippen LogP) is 2.42. The van der Waals surface area contributed by atoms with Crippen LogP contribution >= 0.6 is 0 Å². The van der Waals surface area contributed by atoms with Crippen LogP contribution in [0.2, 0.25) is 0 Å². The van der Waals surface area contributed by atoms with Crippen LogP contribution in [0.4, 0.5) is 15.8 Å². The van der Waals surface area contributed by atoms with Gasteiger partial charge in [-0.1, -0.05) is 18.2 Å². The second-order valence-corrected chi connectivity index (χ2v) is 7.88. The molecule has 0 aliphatic carbocycles. The summed E-state index contributed by atoms with van der Waals surface area (Å²) in [5.74, 6) is -1.09. The lowest BCUT2D eigenvalue weighted by Crippen LogP contribution is -2.46. The molecule has 1 saturated heterocycles. The topological polar surface area (TPSA) is 47.1 Å². The van der Waals surface area contributed by atoms with Crippen LogP contribution in [-0.4, -0.2) is 68.9 Å². The molecule has 0 N–H and O–H groups in total. The number of benzene rings is 2. The first-order valence-electron chi connectivity index (χ1n) is 9.96. The Kier molecular flexibility index (Phi) is 5.30. The molecule has 0 radical (unpaired) electrons. The first-order valence-corrected chi connectivity index (χ1v) is 9.96. The summed E-state index contributed by atoms with van der Waals surface area (Å²) >= 11 is 0. The van der Waals surface area contributed by atoms with Crippen molar-refractivity contribution >= 4 is 28.8 Å². The van der Waals surface area contributed by atoms with Gasteiger partial charge in [-0.3, -0.25) is 9.59 Å². The summed E-state index contributed by atoms with van der Waals surface area (Å²) < 4.78 is 13.5. The number of carbonyl (C=O) groups is 2. The lowest BCUT2D eigenvalue weighted by atomic mass is 10.0. The molecule has 2 aliphatic rings. The fraction of sp³-hybridized carbons (Fsp3) is 0.304. The number of piperazine rings is 1. The van der Waals surface area contributed by atoms with Crippen molar-refractivity contribution < 1.29 is 14.0 Å². The van der Waals surface area contributed by atoms with Gasteiger partial charge in [-0.2, -0.15) is 0 Å². The van der Waals surface area contributed by atoms with Gasteiger partial charge >= 0.3 is 0 Å². The van der Waals surface area contributed by atoms with Crippen molar-refractivity contribution in [2.45, 2.75) is 0 Å². The third kappa shape index (κ3) is 3.57. The Balaban J connectivity index is 1.79. The van der Waals surface area contributed by atoms with Crippen LogP contribution in [0.1, 0.15) is 5.56 Å². The number of halogens is 1. The fourth-order valence-corrected chi connectivity index (χ4v) is 3.86. The van der Waals surface area contributed by atoms with Gasteiger partial charge in [-0.25, -0.2) is 9.29 Å². The molecular formula is C23H25FN4O2. The van der Waals surface area contributed by atoms with Crippen molar-refractivity contribution in [3.63, 3.8) is 0 Å². The second kappa shape index (κ2) is 7.91. The molecule has 0 unspecified atom stereocenters. The van der Waals surface area contributed by atoms with Gasteiger partial charge in [-0.05, 0) is 42.9 Å². The number of imide groups is 1. The van der Waals surface area contributed by atoms with Crippen molar-refractivity contribution in [1.82, 2.24) is 9.80 Å². The second-order valence-electron chi connectivity index (χ2n) is 7.88. The zero-order valence-electron chi connectivity index (χ0n) is 17.4. The van der Waals surface area contributed by atoms with Crippen molar-refractivity contribution in [2.24, 2.45) is 0 Å². The van der Waals surface area contributed by atoms with Crippen molar-refractivity contribution in [1.29, 1.82) is 0 Å². The van der Waals surface area contributed by atoms with Crippen LogP contribution in [0, 0.1) is 5.82 Å². The lowest BCUT2D eigenvalue weighted by molar-refractivity contribution is -0.120. The largest absolute Gasteiger partial charge is 0.378 e.